The summed E-state index contributed by atoms with van der Waals surface area (Å²) < 4.78 is 0. The second-order valence-electron chi connectivity index (χ2n) is 6.83. The Labute approximate surface area is 122 Å². The highest BCUT2D eigenvalue weighted by Crippen LogP contribution is 2.38. The molecule has 2 rings (SSSR count). The van der Waals surface area contributed by atoms with E-state index in [0.717, 1.165) is 17.3 Å². The molecule has 1 N–H and O–H groups in total. The van der Waals surface area contributed by atoms with E-state index in [1.54, 1.807) is 0 Å². The molecule has 1 aliphatic rings. The van der Waals surface area contributed by atoms with Crippen molar-refractivity contribution >= 4 is 17.3 Å². The molecule has 1 fully saturated rings. The van der Waals surface area contributed by atoms with Crippen LogP contribution in [0, 0.1) is 18.3 Å². The topological polar surface area (TPSA) is 24.9 Å². The molecule has 19 heavy (non-hydrogen) atoms. The number of nitrogens with zero attached hydrogens (tertiary/aromatic N) is 1. The molecule has 0 bridgehead atoms. The smallest absolute Gasteiger partial charge is 0.129 e. The first kappa shape index (κ1) is 14.6. The molecule has 0 saturated heterocycles. The number of halogens is 1. The lowest BCUT2D eigenvalue weighted by molar-refractivity contribution is 0.173. The van der Waals surface area contributed by atoms with Gasteiger partial charge >= 0.3 is 0 Å². The van der Waals surface area contributed by atoms with Gasteiger partial charge in [-0.1, -0.05) is 32.4 Å². The molecule has 1 aromatic heterocycles. The van der Waals surface area contributed by atoms with Crippen molar-refractivity contribution < 1.29 is 0 Å². The molecule has 0 unspecified atom stereocenters. The summed E-state index contributed by atoms with van der Waals surface area (Å²) in [6.07, 6.45) is 5.15. The Kier molecular flexibility index (Phi) is 4.39. The third-order valence-corrected chi connectivity index (χ3v) is 4.57. The summed E-state index contributed by atoms with van der Waals surface area (Å²) in [6.45, 7) is 9.09. The van der Waals surface area contributed by atoms with Crippen LogP contribution >= 0.6 is 11.6 Å². The van der Waals surface area contributed by atoms with Crippen molar-refractivity contribution in [1.29, 1.82) is 0 Å². The lowest BCUT2D eigenvalue weighted by Crippen LogP contribution is -2.31. The van der Waals surface area contributed by atoms with Gasteiger partial charge < -0.3 is 5.32 Å². The Morgan fingerprint density at radius 2 is 1.79 bits per heavy atom. The van der Waals surface area contributed by atoms with Crippen molar-refractivity contribution in [3.63, 3.8) is 0 Å². The molecular formula is C16H25ClN2. The molecule has 1 saturated carbocycles. The predicted octanol–water partition coefficient (Wildman–Crippen LogP) is 5.06. The molecule has 1 heterocycles. The number of hydrogen-bond donors (Lipinski definition) is 1. The van der Waals surface area contributed by atoms with E-state index >= 15 is 0 Å². The molecule has 1 aromatic rings. The molecule has 0 spiro atoms. The summed E-state index contributed by atoms with van der Waals surface area (Å²) in [4.78, 5) is 4.30. The molecule has 0 atom stereocenters. The van der Waals surface area contributed by atoms with E-state index in [4.69, 9.17) is 11.6 Å². The molecule has 0 radical (unpaired) electrons. The minimum atomic E-state index is 0.447. The largest absolute Gasteiger partial charge is 0.381 e. The summed E-state index contributed by atoms with van der Waals surface area (Å²) in [6, 6.07) is 4.48. The molecule has 106 valence electrons. The highest BCUT2D eigenvalue weighted by Gasteiger charge is 2.29. The number of rotatable bonds is 2. The normalized spacial score (nSPS) is 24.3. The molecule has 1 aliphatic carbocycles. The number of anilines is 1. The van der Waals surface area contributed by atoms with Crippen LogP contribution in [0.4, 0.5) is 5.69 Å². The average molecular weight is 281 g/mol. The minimum Gasteiger partial charge on any atom is -0.381 e. The zero-order chi connectivity index (χ0) is 14.0. The second kappa shape index (κ2) is 5.70. The van der Waals surface area contributed by atoms with Gasteiger partial charge in [0.15, 0.2) is 0 Å². The first-order chi connectivity index (χ1) is 8.86. The Hall–Kier alpha value is -0.760. The second-order valence-corrected chi connectivity index (χ2v) is 7.21. The number of aromatic nitrogens is 1. The van der Waals surface area contributed by atoms with Gasteiger partial charge in [0.25, 0.3) is 0 Å². The summed E-state index contributed by atoms with van der Waals surface area (Å²) >= 11 is 5.89. The predicted molar refractivity (Wildman–Crippen MR) is 82.8 cm³/mol. The van der Waals surface area contributed by atoms with Crippen molar-refractivity contribution in [1.82, 2.24) is 4.98 Å². The maximum atomic E-state index is 5.89. The van der Waals surface area contributed by atoms with E-state index in [2.05, 4.69) is 31.1 Å². The third kappa shape index (κ3) is 3.85. The van der Waals surface area contributed by atoms with Crippen molar-refractivity contribution in [2.75, 3.05) is 5.32 Å². The number of nitrogens with one attached hydrogen (secondary N) is 1. The zero-order valence-corrected chi connectivity index (χ0v) is 13.2. The summed E-state index contributed by atoms with van der Waals surface area (Å²) in [5, 5.41) is 4.20. The maximum Gasteiger partial charge on any atom is 0.129 e. The van der Waals surface area contributed by atoms with E-state index in [1.165, 1.54) is 25.7 Å². The SMILES string of the molecule is Cc1nc(Cl)ccc1NC1CCC(C(C)(C)C)CC1. The molecule has 0 aromatic carbocycles. The van der Waals surface area contributed by atoms with Crippen LogP contribution in [0.1, 0.15) is 52.1 Å². The minimum absolute atomic E-state index is 0.447. The van der Waals surface area contributed by atoms with Crippen molar-refractivity contribution in [2.45, 2.75) is 59.4 Å². The van der Waals surface area contributed by atoms with Gasteiger partial charge in [-0.3, -0.25) is 0 Å². The van der Waals surface area contributed by atoms with Gasteiger partial charge in [0, 0.05) is 6.04 Å². The molecule has 3 heteroatoms. The zero-order valence-electron chi connectivity index (χ0n) is 12.5. The van der Waals surface area contributed by atoms with Crippen LogP contribution in [0.2, 0.25) is 5.15 Å². The monoisotopic (exact) mass is 280 g/mol. The van der Waals surface area contributed by atoms with Gasteiger partial charge in [0.2, 0.25) is 0 Å². The molecule has 2 nitrogen and oxygen atoms in total. The fourth-order valence-electron chi connectivity index (χ4n) is 3.01. The first-order valence-corrected chi connectivity index (χ1v) is 7.64. The van der Waals surface area contributed by atoms with Crippen LogP contribution in [-0.4, -0.2) is 11.0 Å². The van der Waals surface area contributed by atoms with Gasteiger partial charge in [0.1, 0.15) is 5.15 Å². The lowest BCUT2D eigenvalue weighted by Gasteiger charge is -2.37. The van der Waals surface area contributed by atoms with E-state index in [0.29, 0.717) is 16.6 Å². The summed E-state index contributed by atoms with van der Waals surface area (Å²) in [5.41, 5.74) is 2.57. The van der Waals surface area contributed by atoms with E-state index < -0.39 is 0 Å². The summed E-state index contributed by atoms with van der Waals surface area (Å²) in [5.74, 6) is 0.856. The number of hydrogen-bond acceptors (Lipinski definition) is 2. The van der Waals surface area contributed by atoms with Crippen LogP contribution in [0.25, 0.3) is 0 Å². The van der Waals surface area contributed by atoms with Crippen molar-refractivity contribution in [3.8, 4) is 0 Å². The summed E-state index contributed by atoms with van der Waals surface area (Å²) in [7, 11) is 0. The van der Waals surface area contributed by atoms with Crippen LogP contribution in [-0.2, 0) is 0 Å². The van der Waals surface area contributed by atoms with E-state index in [9.17, 15) is 0 Å². The average Bonchev–Trinajstić information content (AvgIpc) is 2.32. The van der Waals surface area contributed by atoms with Gasteiger partial charge in [-0.2, -0.15) is 0 Å². The van der Waals surface area contributed by atoms with Gasteiger partial charge in [-0.25, -0.2) is 4.98 Å². The lowest BCUT2D eigenvalue weighted by atomic mass is 9.71. The highest BCUT2D eigenvalue weighted by molar-refractivity contribution is 6.29. The quantitative estimate of drug-likeness (QED) is 0.766. The van der Waals surface area contributed by atoms with Gasteiger partial charge in [-0.05, 0) is 56.1 Å². The first-order valence-electron chi connectivity index (χ1n) is 7.26. The van der Waals surface area contributed by atoms with Crippen LogP contribution in [0.5, 0.6) is 0 Å². The van der Waals surface area contributed by atoms with Gasteiger partial charge in [0.05, 0.1) is 11.4 Å². The fourth-order valence-corrected chi connectivity index (χ4v) is 3.20. The van der Waals surface area contributed by atoms with Crippen LogP contribution in [0.15, 0.2) is 12.1 Å². The Balaban J connectivity index is 1.92. The molecule has 0 aliphatic heterocycles. The Bertz CT molecular complexity index is 429. The van der Waals surface area contributed by atoms with Crippen LogP contribution < -0.4 is 5.32 Å². The highest BCUT2D eigenvalue weighted by atomic mass is 35.5. The maximum absolute atomic E-state index is 5.89. The van der Waals surface area contributed by atoms with E-state index in [1.807, 2.05) is 19.1 Å². The Morgan fingerprint density at radius 1 is 1.16 bits per heavy atom. The third-order valence-electron chi connectivity index (χ3n) is 4.36. The van der Waals surface area contributed by atoms with Crippen LogP contribution in [0.3, 0.4) is 0 Å². The van der Waals surface area contributed by atoms with Crippen molar-refractivity contribution in [2.24, 2.45) is 11.3 Å². The van der Waals surface area contributed by atoms with Gasteiger partial charge in [-0.15, -0.1) is 0 Å². The molecular weight excluding hydrogens is 256 g/mol. The Morgan fingerprint density at radius 3 is 2.32 bits per heavy atom. The fraction of sp³-hybridized carbons (Fsp3) is 0.688. The number of pyridine rings is 1. The molecule has 0 amide bonds. The standard InChI is InChI=1S/C16H25ClN2/c1-11-14(9-10-15(17)18-11)19-13-7-5-12(6-8-13)16(2,3)4/h9-10,12-13,19H,5-8H2,1-4H3. The number of aryl methyl sites for hydroxylation is 1. The van der Waals surface area contributed by atoms with Crippen molar-refractivity contribution in [3.05, 3.63) is 23.0 Å². The van der Waals surface area contributed by atoms with E-state index in [-0.39, 0.29) is 0 Å².